The molecule has 0 bridgehead atoms. The average Bonchev–Trinajstić information content (AvgIpc) is 2.97. The van der Waals surface area contributed by atoms with Crippen LogP contribution in [-0.2, 0) is 16.0 Å². The molecule has 2 rings (SSSR count). The number of methoxy groups -OCH3 is 1. The van der Waals surface area contributed by atoms with Crippen LogP contribution in [0.3, 0.4) is 0 Å². The number of morpholine rings is 1. The minimum Gasteiger partial charge on any atom is -0.382 e. The molecule has 0 aliphatic carbocycles. The van der Waals surface area contributed by atoms with Crippen LogP contribution >= 0.6 is 24.0 Å². The predicted octanol–water partition coefficient (Wildman–Crippen LogP) is 1.32. The fourth-order valence-electron chi connectivity index (χ4n) is 2.35. The maximum Gasteiger partial charge on any atom is 0.319 e. The second-order valence-corrected chi connectivity index (χ2v) is 4.82. The highest BCUT2D eigenvalue weighted by atomic mass is 127. The number of halogens is 3. The number of imidazole rings is 1. The molecule has 1 unspecified atom stereocenters. The van der Waals surface area contributed by atoms with Gasteiger partial charge in [-0.05, 0) is 0 Å². The van der Waals surface area contributed by atoms with Crippen LogP contribution in [0.2, 0.25) is 0 Å². The number of alkyl halides is 2. The SMILES string of the molecule is CN=C(NCc1nccn1C(F)F)N1CCOC(COC)C1.I. The van der Waals surface area contributed by atoms with Gasteiger partial charge in [0.2, 0.25) is 0 Å². The number of aliphatic imine (C=N–C) groups is 1. The van der Waals surface area contributed by atoms with E-state index in [-0.39, 0.29) is 42.4 Å². The minimum atomic E-state index is -2.60. The summed E-state index contributed by atoms with van der Waals surface area (Å²) in [7, 11) is 3.28. The molecule has 2 heterocycles. The molecule has 1 aromatic heterocycles. The van der Waals surface area contributed by atoms with Gasteiger partial charge in [-0.3, -0.25) is 9.56 Å². The molecule has 7 nitrogen and oxygen atoms in total. The largest absolute Gasteiger partial charge is 0.382 e. The molecular formula is C13H22F2IN5O2. The maximum atomic E-state index is 12.8. The van der Waals surface area contributed by atoms with Gasteiger partial charge in [-0.2, -0.15) is 8.78 Å². The molecule has 132 valence electrons. The van der Waals surface area contributed by atoms with Crippen molar-refractivity contribution in [2.45, 2.75) is 19.2 Å². The number of hydrogen-bond donors (Lipinski definition) is 1. The monoisotopic (exact) mass is 445 g/mol. The van der Waals surface area contributed by atoms with Crippen LogP contribution in [0.15, 0.2) is 17.4 Å². The molecule has 0 radical (unpaired) electrons. The lowest BCUT2D eigenvalue weighted by molar-refractivity contribution is -0.0447. The molecule has 0 saturated carbocycles. The summed E-state index contributed by atoms with van der Waals surface area (Å²) in [5.74, 6) is 0.895. The van der Waals surface area contributed by atoms with Crippen LogP contribution in [0.4, 0.5) is 8.78 Å². The maximum absolute atomic E-state index is 12.8. The van der Waals surface area contributed by atoms with Gasteiger partial charge in [-0.25, -0.2) is 4.98 Å². The smallest absolute Gasteiger partial charge is 0.319 e. The van der Waals surface area contributed by atoms with Crippen LogP contribution in [-0.4, -0.2) is 67.0 Å². The van der Waals surface area contributed by atoms with E-state index in [1.807, 2.05) is 4.90 Å². The highest BCUT2D eigenvalue weighted by Crippen LogP contribution is 2.12. The summed E-state index contributed by atoms with van der Waals surface area (Å²) in [5.41, 5.74) is 0. The topological polar surface area (TPSA) is 63.9 Å². The molecule has 1 fully saturated rings. The molecule has 0 amide bonds. The summed E-state index contributed by atoms with van der Waals surface area (Å²) >= 11 is 0. The number of rotatable bonds is 5. The van der Waals surface area contributed by atoms with Crippen LogP contribution in [0.1, 0.15) is 12.4 Å². The first-order valence-electron chi connectivity index (χ1n) is 7.01. The quantitative estimate of drug-likeness (QED) is 0.421. The van der Waals surface area contributed by atoms with Gasteiger partial charge in [-0.1, -0.05) is 0 Å². The van der Waals surface area contributed by atoms with Crippen molar-refractivity contribution in [2.75, 3.05) is 40.5 Å². The second kappa shape index (κ2) is 9.98. The van der Waals surface area contributed by atoms with E-state index in [0.29, 0.717) is 32.3 Å². The van der Waals surface area contributed by atoms with Crippen molar-refractivity contribution in [2.24, 2.45) is 4.99 Å². The van der Waals surface area contributed by atoms with Crippen molar-refractivity contribution in [1.29, 1.82) is 0 Å². The van der Waals surface area contributed by atoms with E-state index >= 15 is 0 Å². The lowest BCUT2D eigenvalue weighted by Gasteiger charge is -2.34. The molecule has 1 atom stereocenters. The van der Waals surface area contributed by atoms with E-state index in [2.05, 4.69) is 15.3 Å². The zero-order chi connectivity index (χ0) is 15.9. The van der Waals surface area contributed by atoms with Gasteiger partial charge in [-0.15, -0.1) is 24.0 Å². The Bertz CT molecular complexity index is 498. The van der Waals surface area contributed by atoms with E-state index < -0.39 is 6.55 Å². The van der Waals surface area contributed by atoms with E-state index in [0.717, 1.165) is 4.57 Å². The summed E-state index contributed by atoms with van der Waals surface area (Å²) in [6.07, 6.45) is 2.59. The van der Waals surface area contributed by atoms with E-state index in [4.69, 9.17) is 9.47 Å². The minimum absolute atomic E-state index is 0. The molecule has 0 aromatic carbocycles. The number of nitrogens with zero attached hydrogens (tertiary/aromatic N) is 4. The first-order valence-corrected chi connectivity index (χ1v) is 7.01. The predicted molar refractivity (Wildman–Crippen MR) is 92.3 cm³/mol. The van der Waals surface area contributed by atoms with Gasteiger partial charge in [0.1, 0.15) is 5.82 Å². The van der Waals surface area contributed by atoms with Crippen LogP contribution in [0.5, 0.6) is 0 Å². The molecule has 1 aliphatic rings. The standard InChI is InChI=1S/C13H21F2N5O2.HI/c1-16-13(19-5-6-22-10(8-19)9-21-2)18-7-11-17-3-4-20(11)12(14)15;/h3-4,10,12H,5-9H2,1-2H3,(H,16,18);1H. The Morgan fingerprint density at radius 1 is 1.61 bits per heavy atom. The van der Waals surface area contributed by atoms with Gasteiger partial charge in [0.25, 0.3) is 0 Å². The highest BCUT2D eigenvalue weighted by molar-refractivity contribution is 14.0. The molecule has 1 N–H and O–H groups in total. The average molecular weight is 445 g/mol. The Morgan fingerprint density at radius 2 is 2.39 bits per heavy atom. The third kappa shape index (κ3) is 5.53. The van der Waals surface area contributed by atoms with Gasteiger partial charge < -0.3 is 19.7 Å². The highest BCUT2D eigenvalue weighted by Gasteiger charge is 2.23. The Labute approximate surface area is 151 Å². The van der Waals surface area contributed by atoms with Crippen molar-refractivity contribution in [3.05, 3.63) is 18.2 Å². The summed E-state index contributed by atoms with van der Waals surface area (Å²) in [6, 6.07) is 0. The first kappa shape index (κ1) is 20.0. The fourth-order valence-corrected chi connectivity index (χ4v) is 2.35. The third-order valence-electron chi connectivity index (χ3n) is 3.37. The first-order chi connectivity index (χ1) is 10.7. The zero-order valence-corrected chi connectivity index (χ0v) is 15.4. The van der Waals surface area contributed by atoms with Crippen molar-refractivity contribution < 1.29 is 18.3 Å². The normalized spacial score (nSPS) is 18.9. The summed E-state index contributed by atoms with van der Waals surface area (Å²) in [4.78, 5) is 10.1. The van der Waals surface area contributed by atoms with Crippen LogP contribution < -0.4 is 5.32 Å². The molecular weight excluding hydrogens is 423 g/mol. The number of aromatic nitrogens is 2. The van der Waals surface area contributed by atoms with E-state index in [1.54, 1.807) is 14.2 Å². The van der Waals surface area contributed by atoms with Crippen LogP contribution in [0.25, 0.3) is 0 Å². The second-order valence-electron chi connectivity index (χ2n) is 4.82. The van der Waals surface area contributed by atoms with Crippen molar-refractivity contribution in [1.82, 2.24) is 19.8 Å². The van der Waals surface area contributed by atoms with Crippen LogP contribution in [0, 0.1) is 0 Å². The lowest BCUT2D eigenvalue weighted by atomic mass is 10.3. The lowest BCUT2D eigenvalue weighted by Crippen LogP contribution is -2.51. The number of nitrogens with one attached hydrogen (secondary N) is 1. The molecule has 10 heteroatoms. The molecule has 1 aromatic rings. The van der Waals surface area contributed by atoms with Crippen molar-refractivity contribution >= 4 is 29.9 Å². The van der Waals surface area contributed by atoms with Gasteiger partial charge >= 0.3 is 6.55 Å². The molecule has 23 heavy (non-hydrogen) atoms. The van der Waals surface area contributed by atoms with E-state index in [9.17, 15) is 8.78 Å². The van der Waals surface area contributed by atoms with Crippen molar-refractivity contribution in [3.63, 3.8) is 0 Å². The number of ether oxygens (including phenoxy) is 2. The molecule has 1 aliphatic heterocycles. The fraction of sp³-hybridized carbons (Fsp3) is 0.692. The van der Waals surface area contributed by atoms with Gasteiger partial charge in [0, 0.05) is 39.6 Å². The molecule has 0 spiro atoms. The third-order valence-corrected chi connectivity index (χ3v) is 3.37. The van der Waals surface area contributed by atoms with Gasteiger partial charge in [0.15, 0.2) is 5.96 Å². The zero-order valence-electron chi connectivity index (χ0n) is 13.1. The summed E-state index contributed by atoms with van der Waals surface area (Å²) in [6.45, 7) is -0.0317. The summed E-state index contributed by atoms with van der Waals surface area (Å²) in [5, 5.41) is 3.06. The Balaban J connectivity index is 0.00000264. The Kier molecular flexibility index (Phi) is 8.69. The summed E-state index contributed by atoms with van der Waals surface area (Å²) < 4.78 is 37.1. The van der Waals surface area contributed by atoms with E-state index in [1.165, 1.54) is 12.4 Å². The Hall–Kier alpha value is -1.01. The Morgan fingerprint density at radius 3 is 3.04 bits per heavy atom. The van der Waals surface area contributed by atoms with Crippen molar-refractivity contribution in [3.8, 4) is 0 Å². The number of hydrogen-bond acceptors (Lipinski definition) is 4. The van der Waals surface area contributed by atoms with Gasteiger partial charge in [0.05, 0.1) is 25.9 Å². The molecule has 1 saturated heterocycles. The number of guanidine groups is 1.